The number of benzene rings is 1. The first kappa shape index (κ1) is 13.8. The lowest BCUT2D eigenvalue weighted by Gasteiger charge is -2.26. The number of nitrogens with zero attached hydrogens (tertiary/aromatic N) is 2. The van der Waals surface area contributed by atoms with Crippen molar-refractivity contribution < 1.29 is 0 Å². The quantitative estimate of drug-likeness (QED) is 0.571. The topological polar surface area (TPSA) is 15.6 Å². The van der Waals surface area contributed by atoms with Gasteiger partial charge in [0.25, 0.3) is 0 Å². The summed E-state index contributed by atoms with van der Waals surface area (Å²) in [6, 6.07) is 6.41. The third-order valence-electron chi connectivity index (χ3n) is 3.01. The minimum Gasteiger partial charge on any atom is -0.333 e. The van der Waals surface area contributed by atoms with Crippen molar-refractivity contribution in [2.45, 2.75) is 34.1 Å². The van der Waals surface area contributed by atoms with E-state index in [0.29, 0.717) is 5.92 Å². The van der Waals surface area contributed by atoms with Crippen molar-refractivity contribution in [3.05, 3.63) is 29.3 Å². The molecule has 0 spiro atoms. The van der Waals surface area contributed by atoms with E-state index in [1.165, 1.54) is 16.8 Å². The largest absolute Gasteiger partial charge is 0.333 e. The lowest BCUT2D eigenvalue weighted by atomic mass is 10.1. The number of rotatable bonds is 3. The van der Waals surface area contributed by atoms with Crippen LogP contribution in [-0.4, -0.2) is 19.9 Å². The van der Waals surface area contributed by atoms with Crippen molar-refractivity contribution in [1.82, 2.24) is 0 Å². The molecule has 0 aliphatic heterocycles. The van der Waals surface area contributed by atoms with Gasteiger partial charge >= 0.3 is 0 Å². The summed E-state index contributed by atoms with van der Waals surface area (Å²) < 4.78 is 0. The molecule has 0 atom stereocenters. The van der Waals surface area contributed by atoms with E-state index < -0.39 is 0 Å². The summed E-state index contributed by atoms with van der Waals surface area (Å²) >= 11 is 0. The van der Waals surface area contributed by atoms with Crippen LogP contribution in [-0.2, 0) is 0 Å². The fourth-order valence-corrected chi connectivity index (χ4v) is 2.21. The third kappa shape index (κ3) is 3.32. The van der Waals surface area contributed by atoms with Crippen LogP contribution < -0.4 is 4.90 Å². The first-order valence-electron chi connectivity index (χ1n) is 6.23. The van der Waals surface area contributed by atoms with Crippen LogP contribution >= 0.6 is 0 Å². The number of amidine groups is 1. The Morgan fingerprint density at radius 3 is 2.18 bits per heavy atom. The van der Waals surface area contributed by atoms with Crippen LogP contribution in [0.2, 0.25) is 0 Å². The smallest absolute Gasteiger partial charge is 0.103 e. The Morgan fingerprint density at radius 2 is 1.76 bits per heavy atom. The minimum atomic E-state index is 0.625. The normalized spacial score (nSPS) is 12.1. The average molecular weight is 232 g/mol. The average Bonchev–Trinajstić information content (AvgIpc) is 2.25. The fraction of sp³-hybridized carbons (Fsp3) is 0.533. The van der Waals surface area contributed by atoms with E-state index in [1.54, 1.807) is 0 Å². The van der Waals surface area contributed by atoms with Crippen molar-refractivity contribution in [3.63, 3.8) is 0 Å². The number of aliphatic imine (C=N–C) groups is 1. The molecule has 0 heterocycles. The maximum absolute atomic E-state index is 4.43. The highest BCUT2D eigenvalue weighted by atomic mass is 15.2. The number of hydrogen-bond donors (Lipinski definition) is 0. The molecule has 0 radical (unpaired) electrons. The molecular formula is C15H24N2. The molecule has 0 amide bonds. The van der Waals surface area contributed by atoms with Gasteiger partial charge in [0.15, 0.2) is 0 Å². The second-order valence-electron chi connectivity index (χ2n) is 5.04. The number of para-hydroxylation sites is 1. The second-order valence-corrected chi connectivity index (χ2v) is 5.04. The summed E-state index contributed by atoms with van der Waals surface area (Å²) in [6.07, 6.45) is 1.01. The Hall–Kier alpha value is -1.31. The van der Waals surface area contributed by atoms with Gasteiger partial charge in [0.05, 0.1) is 0 Å². The summed E-state index contributed by atoms with van der Waals surface area (Å²) in [4.78, 5) is 6.66. The van der Waals surface area contributed by atoms with Gasteiger partial charge in [0.1, 0.15) is 5.84 Å². The molecule has 1 aromatic carbocycles. The van der Waals surface area contributed by atoms with E-state index in [0.717, 1.165) is 12.3 Å². The molecule has 2 nitrogen and oxygen atoms in total. The van der Waals surface area contributed by atoms with Gasteiger partial charge in [0.2, 0.25) is 0 Å². The van der Waals surface area contributed by atoms with E-state index in [2.05, 4.69) is 62.8 Å². The van der Waals surface area contributed by atoms with E-state index in [9.17, 15) is 0 Å². The fourth-order valence-electron chi connectivity index (χ4n) is 2.21. The molecule has 17 heavy (non-hydrogen) atoms. The first-order valence-corrected chi connectivity index (χ1v) is 6.23. The van der Waals surface area contributed by atoms with Crippen LogP contribution in [0.3, 0.4) is 0 Å². The molecule has 0 N–H and O–H groups in total. The molecular weight excluding hydrogens is 208 g/mol. The predicted octanol–water partition coefficient (Wildman–Crippen LogP) is 3.81. The molecule has 2 heteroatoms. The summed E-state index contributed by atoms with van der Waals surface area (Å²) in [7, 11) is 3.99. The summed E-state index contributed by atoms with van der Waals surface area (Å²) in [5.41, 5.74) is 3.89. The highest BCUT2D eigenvalue weighted by molar-refractivity contribution is 5.98. The highest BCUT2D eigenvalue weighted by Crippen LogP contribution is 2.24. The van der Waals surface area contributed by atoms with Crippen molar-refractivity contribution in [2.75, 3.05) is 19.0 Å². The minimum absolute atomic E-state index is 0.625. The molecule has 0 saturated carbocycles. The molecule has 0 unspecified atom stereocenters. The van der Waals surface area contributed by atoms with Crippen LogP contribution in [0, 0.1) is 19.8 Å². The lowest BCUT2D eigenvalue weighted by molar-refractivity contribution is 0.677. The number of hydrogen-bond acceptors (Lipinski definition) is 1. The molecule has 0 fully saturated rings. The lowest BCUT2D eigenvalue weighted by Crippen LogP contribution is -2.28. The van der Waals surface area contributed by atoms with Gasteiger partial charge in [-0.05, 0) is 30.9 Å². The van der Waals surface area contributed by atoms with Crippen molar-refractivity contribution in [2.24, 2.45) is 10.9 Å². The van der Waals surface area contributed by atoms with Crippen molar-refractivity contribution in [3.8, 4) is 0 Å². The maximum atomic E-state index is 4.43. The van der Waals surface area contributed by atoms with Gasteiger partial charge in [-0.2, -0.15) is 0 Å². The van der Waals surface area contributed by atoms with Crippen molar-refractivity contribution >= 4 is 11.5 Å². The predicted molar refractivity (Wildman–Crippen MR) is 77.1 cm³/mol. The summed E-state index contributed by atoms with van der Waals surface area (Å²) in [6.45, 7) is 8.76. The zero-order valence-electron chi connectivity index (χ0n) is 11.9. The molecule has 94 valence electrons. The van der Waals surface area contributed by atoms with Crippen LogP contribution in [0.1, 0.15) is 31.4 Å². The Kier molecular flexibility index (Phi) is 4.73. The summed E-state index contributed by atoms with van der Waals surface area (Å²) in [5, 5.41) is 0. The highest BCUT2D eigenvalue weighted by Gasteiger charge is 2.13. The molecule has 0 aliphatic carbocycles. The van der Waals surface area contributed by atoms with Gasteiger partial charge in [-0.3, -0.25) is 4.99 Å². The molecule has 0 bridgehead atoms. The number of aryl methyl sites for hydroxylation is 2. The zero-order chi connectivity index (χ0) is 13.0. The van der Waals surface area contributed by atoms with Gasteiger partial charge in [-0.1, -0.05) is 32.0 Å². The van der Waals surface area contributed by atoms with Crippen LogP contribution in [0.5, 0.6) is 0 Å². The SMILES string of the molecule is CN=C(CC(C)C)N(C)c1c(C)cccc1C. The maximum Gasteiger partial charge on any atom is 0.103 e. The molecule has 0 aliphatic rings. The number of anilines is 1. The molecule has 1 aromatic rings. The van der Waals surface area contributed by atoms with Crippen molar-refractivity contribution in [1.29, 1.82) is 0 Å². The Bertz CT molecular complexity index is 385. The zero-order valence-corrected chi connectivity index (χ0v) is 11.9. The van der Waals surface area contributed by atoms with Gasteiger partial charge in [-0.15, -0.1) is 0 Å². The summed E-state index contributed by atoms with van der Waals surface area (Å²) in [5.74, 6) is 1.78. The second kappa shape index (κ2) is 5.85. The molecule has 1 rings (SSSR count). The van der Waals surface area contributed by atoms with Crippen LogP contribution in [0.25, 0.3) is 0 Å². The standard InChI is InChI=1S/C15H24N2/c1-11(2)10-14(16-5)17(6)15-12(3)8-7-9-13(15)4/h7-9,11H,10H2,1-6H3. The Labute approximate surface area is 105 Å². The van der Waals surface area contributed by atoms with E-state index in [-0.39, 0.29) is 0 Å². The molecule has 0 saturated heterocycles. The van der Waals surface area contributed by atoms with Gasteiger partial charge in [0, 0.05) is 26.2 Å². The Morgan fingerprint density at radius 1 is 1.24 bits per heavy atom. The van der Waals surface area contributed by atoms with Crippen LogP contribution in [0.15, 0.2) is 23.2 Å². The van der Waals surface area contributed by atoms with Gasteiger partial charge in [-0.25, -0.2) is 0 Å². The monoisotopic (exact) mass is 232 g/mol. The molecule has 0 aromatic heterocycles. The van der Waals surface area contributed by atoms with E-state index in [1.807, 2.05) is 7.05 Å². The van der Waals surface area contributed by atoms with Crippen LogP contribution in [0.4, 0.5) is 5.69 Å². The van der Waals surface area contributed by atoms with E-state index in [4.69, 9.17) is 0 Å². The third-order valence-corrected chi connectivity index (χ3v) is 3.01. The van der Waals surface area contributed by atoms with E-state index >= 15 is 0 Å². The Balaban J connectivity index is 3.06. The van der Waals surface area contributed by atoms with Gasteiger partial charge < -0.3 is 4.90 Å². The first-order chi connectivity index (χ1) is 7.97.